The quantitative estimate of drug-likeness (QED) is 0.549. The summed E-state index contributed by atoms with van der Waals surface area (Å²) >= 11 is 0. The first-order chi connectivity index (χ1) is 14.2. The van der Waals surface area contributed by atoms with Gasteiger partial charge >= 0.3 is 0 Å². The SMILES string of the molecule is COc1cccc(NC(=O)[C@H](c2ccccc2)n2nnc(-c3ccccc3)n2)c1. The number of aromatic nitrogens is 4. The maximum atomic E-state index is 13.2. The Morgan fingerprint density at radius 1 is 0.966 bits per heavy atom. The minimum Gasteiger partial charge on any atom is -0.497 e. The number of carbonyl (C=O) groups is 1. The summed E-state index contributed by atoms with van der Waals surface area (Å²) in [6.07, 6.45) is 0. The first kappa shape index (κ1) is 18.4. The van der Waals surface area contributed by atoms with Crippen LogP contribution in [0.5, 0.6) is 5.75 Å². The monoisotopic (exact) mass is 385 g/mol. The standard InChI is InChI=1S/C22H19N5O2/c1-29-19-14-8-13-18(15-19)23-22(28)20(16-9-4-2-5-10-16)27-25-21(24-26-27)17-11-6-3-7-12-17/h2-15,20H,1H3,(H,23,28)/t20-/m0/s1. The molecule has 0 aliphatic rings. The van der Waals surface area contributed by atoms with Crippen LogP contribution in [0.1, 0.15) is 11.6 Å². The van der Waals surface area contributed by atoms with Crippen LogP contribution < -0.4 is 10.1 Å². The van der Waals surface area contributed by atoms with Crippen molar-refractivity contribution in [3.8, 4) is 17.1 Å². The van der Waals surface area contributed by atoms with E-state index in [-0.39, 0.29) is 5.91 Å². The van der Waals surface area contributed by atoms with Crippen molar-refractivity contribution in [1.29, 1.82) is 0 Å². The lowest BCUT2D eigenvalue weighted by molar-refractivity contribution is -0.118. The van der Waals surface area contributed by atoms with Crippen molar-refractivity contribution in [2.75, 3.05) is 12.4 Å². The van der Waals surface area contributed by atoms with Crippen molar-refractivity contribution in [1.82, 2.24) is 20.2 Å². The topological polar surface area (TPSA) is 81.9 Å². The molecule has 7 heteroatoms. The average molecular weight is 385 g/mol. The largest absolute Gasteiger partial charge is 0.497 e. The normalized spacial score (nSPS) is 11.6. The summed E-state index contributed by atoms with van der Waals surface area (Å²) in [5.74, 6) is 0.839. The van der Waals surface area contributed by atoms with Gasteiger partial charge in [-0.2, -0.15) is 0 Å². The summed E-state index contributed by atoms with van der Waals surface area (Å²) in [6.45, 7) is 0. The Bertz CT molecular complexity index is 1100. The molecule has 0 aliphatic heterocycles. The zero-order chi connectivity index (χ0) is 20.1. The Morgan fingerprint density at radius 3 is 2.41 bits per heavy atom. The zero-order valence-electron chi connectivity index (χ0n) is 15.8. The van der Waals surface area contributed by atoms with Crippen LogP contribution in [0.25, 0.3) is 11.4 Å². The lowest BCUT2D eigenvalue weighted by Gasteiger charge is -2.16. The van der Waals surface area contributed by atoms with Crippen molar-refractivity contribution in [2.45, 2.75) is 6.04 Å². The second-order valence-electron chi connectivity index (χ2n) is 6.33. The number of hydrogen-bond acceptors (Lipinski definition) is 5. The molecule has 4 aromatic rings. The molecule has 29 heavy (non-hydrogen) atoms. The van der Waals surface area contributed by atoms with Gasteiger partial charge < -0.3 is 10.1 Å². The van der Waals surface area contributed by atoms with Gasteiger partial charge in [0, 0.05) is 17.3 Å². The fourth-order valence-electron chi connectivity index (χ4n) is 2.97. The van der Waals surface area contributed by atoms with E-state index >= 15 is 0 Å². The van der Waals surface area contributed by atoms with E-state index in [4.69, 9.17) is 4.74 Å². The van der Waals surface area contributed by atoms with Gasteiger partial charge in [0.15, 0.2) is 6.04 Å². The van der Waals surface area contributed by atoms with E-state index in [2.05, 4.69) is 20.7 Å². The van der Waals surface area contributed by atoms with Crippen LogP contribution in [0.3, 0.4) is 0 Å². The minimum absolute atomic E-state index is 0.276. The molecule has 0 saturated carbocycles. The molecule has 4 rings (SSSR count). The number of carbonyl (C=O) groups excluding carboxylic acids is 1. The number of ether oxygens (including phenoxy) is 1. The van der Waals surface area contributed by atoms with Crippen molar-refractivity contribution in [3.05, 3.63) is 90.5 Å². The van der Waals surface area contributed by atoms with Crippen molar-refractivity contribution in [2.24, 2.45) is 0 Å². The molecule has 0 radical (unpaired) electrons. The van der Waals surface area contributed by atoms with Crippen LogP contribution in [0.4, 0.5) is 5.69 Å². The van der Waals surface area contributed by atoms with Crippen LogP contribution in [-0.4, -0.2) is 33.2 Å². The fraction of sp³-hybridized carbons (Fsp3) is 0.0909. The molecule has 0 fully saturated rings. The van der Waals surface area contributed by atoms with E-state index in [0.717, 1.165) is 11.1 Å². The molecule has 1 atom stereocenters. The van der Waals surface area contributed by atoms with Gasteiger partial charge in [-0.15, -0.1) is 15.0 Å². The molecular weight excluding hydrogens is 366 g/mol. The molecule has 0 saturated heterocycles. The van der Waals surface area contributed by atoms with Crippen molar-refractivity contribution < 1.29 is 9.53 Å². The smallest absolute Gasteiger partial charge is 0.255 e. The highest BCUT2D eigenvalue weighted by atomic mass is 16.5. The zero-order valence-corrected chi connectivity index (χ0v) is 15.8. The van der Waals surface area contributed by atoms with Crippen LogP contribution >= 0.6 is 0 Å². The molecule has 0 unspecified atom stereocenters. The Morgan fingerprint density at radius 2 is 1.69 bits per heavy atom. The molecule has 0 aliphatic carbocycles. The van der Waals surface area contributed by atoms with Gasteiger partial charge in [0.1, 0.15) is 5.75 Å². The molecule has 1 aromatic heterocycles. The average Bonchev–Trinajstić information content (AvgIpc) is 3.25. The Labute approximate surface area is 168 Å². The highest BCUT2D eigenvalue weighted by Crippen LogP contribution is 2.22. The minimum atomic E-state index is -0.771. The number of amides is 1. The summed E-state index contributed by atoms with van der Waals surface area (Å²) in [5, 5.41) is 15.7. The van der Waals surface area contributed by atoms with Gasteiger partial charge in [0.25, 0.3) is 5.91 Å². The molecule has 1 heterocycles. The number of tetrazole rings is 1. The third-order valence-electron chi connectivity index (χ3n) is 4.39. The van der Waals surface area contributed by atoms with E-state index in [9.17, 15) is 4.79 Å². The second kappa shape index (κ2) is 8.35. The third-order valence-corrected chi connectivity index (χ3v) is 4.39. The number of anilines is 1. The predicted octanol–water partition coefficient (Wildman–Crippen LogP) is 3.58. The van der Waals surface area contributed by atoms with Gasteiger partial charge in [0.2, 0.25) is 5.82 Å². The van der Waals surface area contributed by atoms with Crippen LogP contribution in [-0.2, 0) is 4.79 Å². The molecular formula is C22H19N5O2. The third kappa shape index (κ3) is 4.14. The number of nitrogens with zero attached hydrogens (tertiary/aromatic N) is 4. The summed E-state index contributed by atoms with van der Waals surface area (Å²) in [5.41, 5.74) is 2.21. The van der Waals surface area contributed by atoms with E-state index in [1.54, 1.807) is 19.2 Å². The first-order valence-electron chi connectivity index (χ1n) is 9.09. The molecule has 1 amide bonds. The highest BCUT2D eigenvalue weighted by Gasteiger charge is 2.26. The van der Waals surface area contributed by atoms with Gasteiger partial charge in [-0.3, -0.25) is 4.79 Å². The van der Waals surface area contributed by atoms with E-state index < -0.39 is 6.04 Å². The molecule has 0 spiro atoms. The summed E-state index contributed by atoms with van der Waals surface area (Å²) in [4.78, 5) is 14.5. The molecule has 0 bridgehead atoms. The van der Waals surface area contributed by atoms with Crippen LogP contribution in [0, 0.1) is 0 Å². The number of rotatable bonds is 6. The van der Waals surface area contributed by atoms with Gasteiger partial charge in [-0.1, -0.05) is 66.7 Å². The lowest BCUT2D eigenvalue weighted by Crippen LogP contribution is -2.28. The fourth-order valence-corrected chi connectivity index (χ4v) is 2.97. The second-order valence-corrected chi connectivity index (χ2v) is 6.33. The van der Waals surface area contributed by atoms with Crippen molar-refractivity contribution in [3.63, 3.8) is 0 Å². The number of hydrogen-bond donors (Lipinski definition) is 1. The predicted molar refractivity (Wildman–Crippen MR) is 109 cm³/mol. The van der Waals surface area contributed by atoms with Gasteiger partial charge in [0.05, 0.1) is 7.11 Å². The summed E-state index contributed by atoms with van der Waals surface area (Å²) in [7, 11) is 1.58. The first-order valence-corrected chi connectivity index (χ1v) is 9.09. The lowest BCUT2D eigenvalue weighted by atomic mass is 10.1. The van der Waals surface area contributed by atoms with Crippen molar-refractivity contribution >= 4 is 11.6 Å². The molecule has 1 N–H and O–H groups in total. The maximum Gasteiger partial charge on any atom is 0.255 e. The van der Waals surface area contributed by atoms with Gasteiger partial charge in [-0.25, -0.2) is 0 Å². The number of nitrogens with one attached hydrogen (secondary N) is 1. The molecule has 7 nitrogen and oxygen atoms in total. The van der Waals surface area contributed by atoms with Crippen LogP contribution in [0.2, 0.25) is 0 Å². The number of benzene rings is 3. The highest BCUT2D eigenvalue weighted by molar-refractivity contribution is 5.95. The Kier molecular flexibility index (Phi) is 5.29. The molecule has 144 valence electrons. The summed E-state index contributed by atoms with van der Waals surface area (Å²) in [6, 6.07) is 25.3. The van der Waals surface area contributed by atoms with Crippen LogP contribution in [0.15, 0.2) is 84.9 Å². The van der Waals surface area contributed by atoms with E-state index in [1.807, 2.05) is 72.8 Å². The van der Waals surface area contributed by atoms with E-state index in [0.29, 0.717) is 17.3 Å². The number of methoxy groups -OCH3 is 1. The summed E-state index contributed by atoms with van der Waals surface area (Å²) < 4.78 is 5.23. The van der Waals surface area contributed by atoms with Gasteiger partial charge in [-0.05, 0) is 22.9 Å². The Hall–Kier alpha value is -4.00. The van der Waals surface area contributed by atoms with E-state index in [1.165, 1.54) is 4.80 Å². The Balaban J connectivity index is 1.67. The molecule has 3 aromatic carbocycles. The maximum absolute atomic E-state index is 13.2.